The highest BCUT2D eigenvalue weighted by molar-refractivity contribution is 5.68. The number of carbonyl (C=O) groups excluding carboxylic acids is 2. The van der Waals surface area contributed by atoms with Crippen LogP contribution in [0.5, 0.6) is 0 Å². The van der Waals surface area contributed by atoms with Gasteiger partial charge in [0.05, 0.1) is 6.04 Å². The smallest absolute Gasteiger partial charge is 0.410 e. The number of amides is 1. The van der Waals surface area contributed by atoms with Crippen LogP contribution in [0.2, 0.25) is 0 Å². The maximum Gasteiger partial charge on any atom is 0.410 e. The maximum absolute atomic E-state index is 12.0. The molecule has 1 aliphatic heterocycles. The minimum atomic E-state index is -0.455. The molecule has 1 heterocycles. The lowest BCUT2D eigenvalue weighted by atomic mass is 9.97. The molecule has 1 saturated heterocycles. The summed E-state index contributed by atoms with van der Waals surface area (Å²) in [4.78, 5) is 27.5. The van der Waals surface area contributed by atoms with E-state index in [9.17, 15) is 9.59 Å². The zero-order chi connectivity index (χ0) is 15.5. The molecule has 0 aromatic heterocycles. The van der Waals surface area contributed by atoms with Gasteiger partial charge in [0.15, 0.2) is 0 Å². The lowest BCUT2D eigenvalue weighted by molar-refractivity contribution is -0.114. The van der Waals surface area contributed by atoms with E-state index in [4.69, 9.17) is 4.74 Å². The third-order valence-electron chi connectivity index (χ3n) is 4.41. The summed E-state index contributed by atoms with van der Waals surface area (Å²) in [6.07, 6.45) is 5.68. The van der Waals surface area contributed by atoms with Crippen LogP contribution in [0, 0.1) is 5.92 Å². The molecule has 120 valence electrons. The van der Waals surface area contributed by atoms with E-state index in [-0.39, 0.29) is 12.1 Å². The van der Waals surface area contributed by atoms with Crippen molar-refractivity contribution in [1.29, 1.82) is 0 Å². The van der Waals surface area contributed by atoms with Gasteiger partial charge >= 0.3 is 6.09 Å². The highest BCUT2D eigenvalue weighted by Crippen LogP contribution is 2.30. The van der Waals surface area contributed by atoms with E-state index >= 15 is 0 Å². The van der Waals surface area contributed by atoms with Gasteiger partial charge in [0.2, 0.25) is 0 Å². The average Bonchev–Trinajstić information content (AvgIpc) is 2.92. The molecular formula is C16H28N2O3. The van der Waals surface area contributed by atoms with Gasteiger partial charge in [-0.1, -0.05) is 12.8 Å². The number of nitrogens with zero attached hydrogens (tertiary/aromatic N) is 2. The number of rotatable bonds is 3. The number of hydrogen-bond donors (Lipinski definition) is 0. The Morgan fingerprint density at radius 3 is 2.19 bits per heavy atom. The number of hydrogen-bond acceptors (Lipinski definition) is 4. The fourth-order valence-corrected chi connectivity index (χ4v) is 3.32. The molecule has 2 aliphatic rings. The Kier molecular flexibility index (Phi) is 5.25. The van der Waals surface area contributed by atoms with E-state index in [0.717, 1.165) is 32.2 Å². The largest absolute Gasteiger partial charge is 0.444 e. The second kappa shape index (κ2) is 6.77. The van der Waals surface area contributed by atoms with Gasteiger partial charge in [-0.05, 0) is 39.5 Å². The van der Waals surface area contributed by atoms with Crippen LogP contribution in [-0.2, 0) is 9.53 Å². The lowest BCUT2D eigenvalue weighted by Gasteiger charge is -2.39. The molecule has 0 radical (unpaired) electrons. The van der Waals surface area contributed by atoms with Gasteiger partial charge in [-0.2, -0.15) is 0 Å². The third-order valence-corrected chi connectivity index (χ3v) is 4.41. The van der Waals surface area contributed by atoms with Crippen LogP contribution >= 0.6 is 0 Å². The fraction of sp³-hybridized carbons (Fsp3) is 0.875. The van der Waals surface area contributed by atoms with Gasteiger partial charge in [-0.3, -0.25) is 4.90 Å². The second-order valence-corrected chi connectivity index (χ2v) is 7.17. The predicted octanol–water partition coefficient (Wildman–Crippen LogP) is 2.30. The highest BCUT2D eigenvalue weighted by Gasteiger charge is 2.33. The molecule has 2 rings (SSSR count). The Bertz CT molecular complexity index is 364. The molecular weight excluding hydrogens is 268 g/mol. The Hall–Kier alpha value is -1.10. The van der Waals surface area contributed by atoms with E-state index in [1.807, 2.05) is 20.8 Å². The van der Waals surface area contributed by atoms with Crippen molar-refractivity contribution in [2.75, 3.05) is 26.2 Å². The summed E-state index contributed by atoms with van der Waals surface area (Å²) < 4.78 is 5.40. The van der Waals surface area contributed by atoms with Gasteiger partial charge in [0.25, 0.3) is 0 Å². The second-order valence-electron chi connectivity index (χ2n) is 7.17. The predicted molar refractivity (Wildman–Crippen MR) is 81.2 cm³/mol. The van der Waals surface area contributed by atoms with Crippen molar-refractivity contribution >= 4 is 12.4 Å². The number of ether oxygens (including phenoxy) is 1. The standard InChI is InChI=1S/C16H28N2O3/c1-16(2,3)21-15(20)18-10-8-17(9-11-18)14(12-19)13-6-4-5-7-13/h12-14H,4-11H2,1-3H3. The molecule has 1 aliphatic carbocycles. The number of piperazine rings is 1. The molecule has 1 atom stereocenters. The first-order valence-corrected chi connectivity index (χ1v) is 8.08. The Balaban J connectivity index is 1.84. The molecule has 0 N–H and O–H groups in total. The first kappa shape index (κ1) is 16.3. The summed E-state index contributed by atoms with van der Waals surface area (Å²) >= 11 is 0. The molecule has 21 heavy (non-hydrogen) atoms. The maximum atomic E-state index is 12.0. The first-order chi connectivity index (χ1) is 9.90. The monoisotopic (exact) mass is 296 g/mol. The zero-order valence-electron chi connectivity index (χ0n) is 13.5. The Morgan fingerprint density at radius 2 is 1.71 bits per heavy atom. The molecule has 1 unspecified atom stereocenters. The van der Waals surface area contributed by atoms with Gasteiger partial charge in [0.1, 0.15) is 11.9 Å². The van der Waals surface area contributed by atoms with Crippen LogP contribution in [0.1, 0.15) is 46.5 Å². The Labute approximate surface area is 127 Å². The van der Waals surface area contributed by atoms with Crippen molar-refractivity contribution in [2.45, 2.75) is 58.1 Å². The molecule has 5 nitrogen and oxygen atoms in total. The van der Waals surface area contributed by atoms with Gasteiger partial charge in [-0.25, -0.2) is 4.79 Å². The van der Waals surface area contributed by atoms with Crippen molar-refractivity contribution in [3.05, 3.63) is 0 Å². The summed E-state index contributed by atoms with van der Waals surface area (Å²) in [5.41, 5.74) is -0.455. The average molecular weight is 296 g/mol. The number of carbonyl (C=O) groups is 2. The molecule has 0 aromatic rings. The molecule has 1 amide bonds. The van der Waals surface area contributed by atoms with Crippen LogP contribution in [0.3, 0.4) is 0 Å². The van der Waals surface area contributed by atoms with Crippen molar-refractivity contribution in [1.82, 2.24) is 9.80 Å². The summed E-state index contributed by atoms with van der Waals surface area (Å²) in [5, 5.41) is 0. The molecule has 0 bridgehead atoms. The summed E-state index contributed by atoms with van der Waals surface area (Å²) in [6, 6.07) is 0.0355. The molecule has 0 aromatic carbocycles. The van der Waals surface area contributed by atoms with Crippen LogP contribution in [0.25, 0.3) is 0 Å². The zero-order valence-corrected chi connectivity index (χ0v) is 13.5. The van der Waals surface area contributed by atoms with Crippen LogP contribution in [0.15, 0.2) is 0 Å². The minimum Gasteiger partial charge on any atom is -0.444 e. The van der Waals surface area contributed by atoms with Gasteiger partial charge < -0.3 is 14.4 Å². The number of aldehydes is 1. The van der Waals surface area contributed by atoms with Crippen molar-refractivity contribution < 1.29 is 14.3 Å². The summed E-state index contributed by atoms with van der Waals surface area (Å²) in [6.45, 7) is 8.45. The summed E-state index contributed by atoms with van der Waals surface area (Å²) in [5.74, 6) is 0.510. The van der Waals surface area contributed by atoms with Crippen molar-refractivity contribution in [3.8, 4) is 0 Å². The fourth-order valence-electron chi connectivity index (χ4n) is 3.32. The van der Waals surface area contributed by atoms with Gasteiger partial charge in [-0.15, -0.1) is 0 Å². The molecule has 1 saturated carbocycles. The Morgan fingerprint density at radius 1 is 1.14 bits per heavy atom. The van der Waals surface area contributed by atoms with Crippen molar-refractivity contribution in [3.63, 3.8) is 0 Å². The SMILES string of the molecule is CC(C)(C)OC(=O)N1CCN(C(C=O)C2CCCC2)CC1. The van der Waals surface area contributed by atoms with Crippen LogP contribution in [0.4, 0.5) is 4.79 Å². The molecule has 0 spiro atoms. The van der Waals surface area contributed by atoms with Gasteiger partial charge in [0, 0.05) is 26.2 Å². The summed E-state index contributed by atoms with van der Waals surface area (Å²) in [7, 11) is 0. The van der Waals surface area contributed by atoms with Crippen LogP contribution < -0.4 is 0 Å². The topological polar surface area (TPSA) is 49.9 Å². The van der Waals surface area contributed by atoms with E-state index in [1.165, 1.54) is 12.8 Å². The molecule has 5 heteroatoms. The highest BCUT2D eigenvalue weighted by atomic mass is 16.6. The minimum absolute atomic E-state index is 0.0355. The normalized spacial score (nSPS) is 23.1. The lowest BCUT2D eigenvalue weighted by Crippen LogP contribution is -2.54. The quantitative estimate of drug-likeness (QED) is 0.750. The van der Waals surface area contributed by atoms with E-state index in [1.54, 1.807) is 4.90 Å². The van der Waals surface area contributed by atoms with E-state index in [2.05, 4.69) is 4.90 Å². The first-order valence-electron chi connectivity index (χ1n) is 8.08. The molecule has 2 fully saturated rings. The van der Waals surface area contributed by atoms with Crippen molar-refractivity contribution in [2.24, 2.45) is 5.92 Å². The van der Waals surface area contributed by atoms with Crippen LogP contribution in [-0.4, -0.2) is 60.0 Å². The third kappa shape index (κ3) is 4.43. The van der Waals surface area contributed by atoms with E-state index in [0.29, 0.717) is 19.0 Å². The van der Waals surface area contributed by atoms with E-state index < -0.39 is 5.60 Å².